The highest BCUT2D eigenvalue weighted by atomic mass is 16.4. The fraction of sp³-hybridized carbons (Fsp3) is 0.407. The molecule has 11 heteroatoms. The molecule has 204 valence electrons. The lowest BCUT2D eigenvalue weighted by Crippen LogP contribution is -2.59. The standard InChI is InChI=1S/C27H34N4O7/c1-16(32)23(30-24(34)20(28)14-17-6-3-2-4-7-17)26(36)31-13-5-8-22(31)25(35)29-21(27(37)38)15-18-9-11-19(33)12-10-18/h2-4,6-7,9-12,16,20-23,32-33H,5,8,13-15,28H2,1H3,(H,29,35)(H,30,34)(H,37,38). The Hall–Kier alpha value is -3.96. The zero-order valence-corrected chi connectivity index (χ0v) is 21.1. The fourth-order valence-corrected chi connectivity index (χ4v) is 4.43. The van der Waals surface area contributed by atoms with E-state index in [4.69, 9.17) is 5.73 Å². The minimum Gasteiger partial charge on any atom is -0.508 e. The van der Waals surface area contributed by atoms with Crippen molar-refractivity contribution < 1.29 is 34.5 Å². The number of benzene rings is 2. The smallest absolute Gasteiger partial charge is 0.326 e. The number of aliphatic hydroxyl groups excluding tert-OH is 1. The lowest BCUT2D eigenvalue weighted by Gasteiger charge is -2.31. The first-order chi connectivity index (χ1) is 18.1. The van der Waals surface area contributed by atoms with Gasteiger partial charge in [-0.15, -0.1) is 0 Å². The monoisotopic (exact) mass is 526 g/mol. The molecule has 1 aliphatic rings. The van der Waals surface area contributed by atoms with Crippen LogP contribution in [0.3, 0.4) is 0 Å². The number of nitrogens with two attached hydrogens (primary N) is 1. The van der Waals surface area contributed by atoms with Crippen molar-refractivity contribution in [3.8, 4) is 5.75 Å². The Morgan fingerprint density at radius 3 is 2.24 bits per heavy atom. The summed E-state index contributed by atoms with van der Waals surface area (Å²) in [6.45, 7) is 1.57. The maximum Gasteiger partial charge on any atom is 0.326 e. The summed E-state index contributed by atoms with van der Waals surface area (Å²) in [6.07, 6.45) is -0.251. The van der Waals surface area contributed by atoms with Crippen molar-refractivity contribution in [1.82, 2.24) is 15.5 Å². The lowest BCUT2D eigenvalue weighted by molar-refractivity contribution is -0.146. The van der Waals surface area contributed by atoms with Gasteiger partial charge in [0.15, 0.2) is 0 Å². The van der Waals surface area contributed by atoms with Gasteiger partial charge in [0.25, 0.3) is 0 Å². The number of carbonyl (C=O) groups is 4. The SMILES string of the molecule is CC(O)C(NC(=O)C(N)Cc1ccccc1)C(=O)N1CCCC1C(=O)NC(Cc1ccc(O)cc1)C(=O)O. The lowest BCUT2D eigenvalue weighted by atomic mass is 10.0. The van der Waals surface area contributed by atoms with Gasteiger partial charge in [-0.1, -0.05) is 42.5 Å². The van der Waals surface area contributed by atoms with E-state index in [2.05, 4.69) is 10.6 Å². The Kier molecular flexibility index (Phi) is 9.80. The van der Waals surface area contributed by atoms with Crippen molar-refractivity contribution in [3.05, 3.63) is 65.7 Å². The molecule has 7 N–H and O–H groups in total. The first-order valence-corrected chi connectivity index (χ1v) is 12.5. The van der Waals surface area contributed by atoms with Gasteiger partial charge in [-0.25, -0.2) is 4.79 Å². The molecular weight excluding hydrogens is 492 g/mol. The number of carboxylic acids is 1. The molecule has 0 spiro atoms. The van der Waals surface area contributed by atoms with Crippen molar-refractivity contribution in [2.75, 3.05) is 6.54 Å². The summed E-state index contributed by atoms with van der Waals surface area (Å²) in [6, 6.07) is 10.6. The number of carboxylic acid groups (broad SMARTS) is 1. The van der Waals surface area contributed by atoms with Crippen LogP contribution in [0.15, 0.2) is 54.6 Å². The largest absolute Gasteiger partial charge is 0.508 e. The number of amides is 3. The second-order valence-electron chi connectivity index (χ2n) is 9.48. The molecule has 0 radical (unpaired) electrons. The van der Waals surface area contributed by atoms with Crippen LogP contribution < -0.4 is 16.4 Å². The Morgan fingerprint density at radius 1 is 1.00 bits per heavy atom. The zero-order valence-electron chi connectivity index (χ0n) is 21.1. The minimum atomic E-state index is -1.33. The van der Waals surface area contributed by atoms with E-state index in [-0.39, 0.29) is 25.1 Å². The average Bonchev–Trinajstić information content (AvgIpc) is 3.38. The van der Waals surface area contributed by atoms with E-state index >= 15 is 0 Å². The van der Waals surface area contributed by atoms with Gasteiger partial charge in [0.1, 0.15) is 23.9 Å². The minimum absolute atomic E-state index is 0.0202. The van der Waals surface area contributed by atoms with E-state index in [0.717, 1.165) is 5.56 Å². The second kappa shape index (κ2) is 13.0. The first kappa shape index (κ1) is 28.6. The van der Waals surface area contributed by atoms with Crippen LogP contribution in [-0.2, 0) is 32.0 Å². The summed E-state index contributed by atoms with van der Waals surface area (Å²) >= 11 is 0. The molecule has 0 saturated carbocycles. The van der Waals surface area contributed by atoms with Crippen molar-refractivity contribution in [2.24, 2.45) is 5.73 Å². The Balaban J connectivity index is 1.66. The average molecular weight is 527 g/mol. The van der Waals surface area contributed by atoms with E-state index in [9.17, 15) is 34.5 Å². The molecule has 38 heavy (non-hydrogen) atoms. The number of hydrogen-bond acceptors (Lipinski definition) is 7. The van der Waals surface area contributed by atoms with E-state index in [0.29, 0.717) is 18.4 Å². The predicted octanol–water partition coefficient (Wildman–Crippen LogP) is -0.0693. The van der Waals surface area contributed by atoms with Gasteiger partial charge in [-0.3, -0.25) is 14.4 Å². The molecule has 5 unspecified atom stereocenters. The summed E-state index contributed by atoms with van der Waals surface area (Å²) in [5, 5.41) is 34.4. The quantitative estimate of drug-likeness (QED) is 0.235. The molecule has 1 heterocycles. The molecule has 2 aromatic carbocycles. The van der Waals surface area contributed by atoms with Crippen LogP contribution in [-0.4, -0.2) is 80.7 Å². The fourth-order valence-electron chi connectivity index (χ4n) is 4.43. The molecule has 1 saturated heterocycles. The molecule has 5 atom stereocenters. The normalized spacial score (nSPS) is 18.2. The molecule has 2 aromatic rings. The van der Waals surface area contributed by atoms with Gasteiger partial charge in [0.05, 0.1) is 12.1 Å². The molecule has 1 aliphatic heterocycles. The van der Waals surface area contributed by atoms with Gasteiger partial charge >= 0.3 is 5.97 Å². The van der Waals surface area contributed by atoms with Crippen LogP contribution in [0.5, 0.6) is 5.75 Å². The third-order valence-corrected chi connectivity index (χ3v) is 6.51. The number of nitrogens with one attached hydrogen (secondary N) is 2. The van der Waals surface area contributed by atoms with Crippen molar-refractivity contribution in [3.63, 3.8) is 0 Å². The molecule has 1 fully saturated rings. The van der Waals surface area contributed by atoms with Crippen LogP contribution in [0, 0.1) is 0 Å². The van der Waals surface area contributed by atoms with Gasteiger partial charge in [0, 0.05) is 13.0 Å². The highest BCUT2D eigenvalue weighted by molar-refractivity contribution is 5.94. The van der Waals surface area contributed by atoms with Crippen LogP contribution in [0.4, 0.5) is 0 Å². The summed E-state index contributed by atoms with van der Waals surface area (Å²) in [4.78, 5) is 52.2. The molecule has 3 amide bonds. The summed E-state index contributed by atoms with van der Waals surface area (Å²) in [5.74, 6) is -3.12. The van der Waals surface area contributed by atoms with Gasteiger partial charge in [-0.05, 0) is 49.4 Å². The molecule has 11 nitrogen and oxygen atoms in total. The zero-order chi connectivity index (χ0) is 27.8. The second-order valence-corrected chi connectivity index (χ2v) is 9.48. The summed E-state index contributed by atoms with van der Waals surface area (Å²) in [5.41, 5.74) is 7.46. The summed E-state index contributed by atoms with van der Waals surface area (Å²) in [7, 11) is 0. The summed E-state index contributed by atoms with van der Waals surface area (Å²) < 4.78 is 0. The van der Waals surface area contributed by atoms with Crippen LogP contribution >= 0.6 is 0 Å². The van der Waals surface area contributed by atoms with E-state index < -0.39 is 54.0 Å². The van der Waals surface area contributed by atoms with Gasteiger partial charge in [0.2, 0.25) is 17.7 Å². The Bertz CT molecular complexity index is 1120. The Morgan fingerprint density at radius 2 is 1.63 bits per heavy atom. The van der Waals surface area contributed by atoms with E-state index in [1.807, 2.05) is 30.3 Å². The van der Waals surface area contributed by atoms with E-state index in [1.54, 1.807) is 12.1 Å². The third-order valence-electron chi connectivity index (χ3n) is 6.51. The highest BCUT2D eigenvalue weighted by Crippen LogP contribution is 2.20. The Labute approximate surface area is 220 Å². The first-order valence-electron chi connectivity index (χ1n) is 12.5. The maximum atomic E-state index is 13.4. The maximum absolute atomic E-state index is 13.4. The molecule has 0 bridgehead atoms. The van der Waals surface area contributed by atoms with Crippen LogP contribution in [0.1, 0.15) is 30.9 Å². The number of rotatable bonds is 11. The third kappa shape index (κ3) is 7.53. The van der Waals surface area contributed by atoms with Crippen LogP contribution in [0.2, 0.25) is 0 Å². The van der Waals surface area contributed by atoms with E-state index in [1.165, 1.54) is 24.0 Å². The van der Waals surface area contributed by atoms with Gasteiger partial charge in [-0.2, -0.15) is 0 Å². The van der Waals surface area contributed by atoms with Crippen LogP contribution in [0.25, 0.3) is 0 Å². The molecule has 0 aromatic heterocycles. The number of nitrogens with zero attached hydrogens (tertiary/aromatic N) is 1. The van der Waals surface area contributed by atoms with Crippen molar-refractivity contribution in [1.29, 1.82) is 0 Å². The number of aliphatic hydroxyl groups is 1. The number of hydrogen-bond donors (Lipinski definition) is 6. The number of aliphatic carboxylic acids is 1. The molecule has 3 rings (SSSR count). The number of phenolic OH excluding ortho intramolecular Hbond substituents is 1. The van der Waals surface area contributed by atoms with Crippen molar-refractivity contribution >= 4 is 23.7 Å². The molecule has 0 aliphatic carbocycles. The van der Waals surface area contributed by atoms with Gasteiger partial charge < -0.3 is 36.6 Å². The molecular formula is C27H34N4O7. The highest BCUT2D eigenvalue weighted by Gasteiger charge is 2.40. The predicted molar refractivity (Wildman–Crippen MR) is 138 cm³/mol. The number of aromatic hydroxyl groups is 1. The van der Waals surface area contributed by atoms with Crippen molar-refractivity contribution in [2.45, 2.75) is 62.9 Å². The topological polar surface area (TPSA) is 182 Å². The number of likely N-dealkylation sites (tertiary alicyclic amines) is 1. The number of phenols is 1. The number of carbonyl (C=O) groups excluding carboxylic acids is 3.